The van der Waals surface area contributed by atoms with Crippen molar-refractivity contribution in [2.45, 2.75) is 52.4 Å². The topological polar surface area (TPSA) is 62.8 Å². The molecule has 4 nitrogen and oxygen atoms in total. The summed E-state index contributed by atoms with van der Waals surface area (Å²) in [6.45, 7) is 7.03. The third-order valence-corrected chi connectivity index (χ3v) is 3.73. The van der Waals surface area contributed by atoms with E-state index in [0.717, 1.165) is 69.8 Å². The molecule has 1 fully saturated rings. The maximum Gasteiger partial charge on any atom is 0.125 e. The molecule has 1 saturated heterocycles. The van der Waals surface area contributed by atoms with Gasteiger partial charge in [-0.1, -0.05) is 31.2 Å². The Kier molecular flexibility index (Phi) is 10.3. The van der Waals surface area contributed by atoms with Gasteiger partial charge in [0.05, 0.1) is 0 Å². The molecule has 4 heteroatoms. The van der Waals surface area contributed by atoms with Crippen LogP contribution in [-0.2, 0) is 0 Å². The second kappa shape index (κ2) is 12.2. The van der Waals surface area contributed by atoms with Crippen LogP contribution in [0.3, 0.4) is 0 Å². The highest BCUT2D eigenvalue weighted by Gasteiger charge is 2.16. The molecular formula is C18H32N4. The van der Waals surface area contributed by atoms with Gasteiger partial charge in [-0.3, -0.25) is 4.99 Å². The molecule has 0 unspecified atom stereocenters. The van der Waals surface area contributed by atoms with E-state index < -0.39 is 0 Å². The summed E-state index contributed by atoms with van der Waals surface area (Å²) >= 11 is 0. The van der Waals surface area contributed by atoms with Crippen molar-refractivity contribution in [3.8, 4) is 0 Å². The zero-order chi connectivity index (χ0) is 16.0. The molecule has 1 heterocycles. The molecule has 22 heavy (non-hydrogen) atoms. The predicted octanol–water partition coefficient (Wildman–Crippen LogP) is 3.45. The molecule has 3 N–H and O–H groups in total. The van der Waals surface area contributed by atoms with Crippen molar-refractivity contribution in [1.82, 2.24) is 5.32 Å². The number of hydrogen-bond acceptors (Lipinski definition) is 2. The van der Waals surface area contributed by atoms with Crippen LogP contribution in [0.4, 0.5) is 0 Å². The van der Waals surface area contributed by atoms with Crippen LogP contribution < -0.4 is 11.1 Å². The van der Waals surface area contributed by atoms with Crippen LogP contribution in [0.2, 0.25) is 0 Å². The minimum atomic E-state index is 0.415. The maximum atomic E-state index is 6.18. The third kappa shape index (κ3) is 8.13. The Bertz CT molecular complexity index is 401. The second-order valence-electron chi connectivity index (χ2n) is 5.58. The van der Waals surface area contributed by atoms with Crippen LogP contribution in [0, 0.1) is 5.92 Å². The molecule has 0 bridgehead atoms. The largest absolute Gasteiger partial charge is 0.387 e. The normalized spacial score (nSPS) is 18.6. The number of rotatable bonds is 8. The maximum absolute atomic E-state index is 6.18. The molecule has 124 valence electrons. The SMILES string of the molecule is CC/C=C\C/C=C\CCC(=NCC)N=C(N)C1CCNCC1. The Morgan fingerprint density at radius 1 is 1.14 bits per heavy atom. The first-order chi connectivity index (χ1) is 10.8. The van der Waals surface area contributed by atoms with E-state index in [1.54, 1.807) is 0 Å². The molecule has 1 aliphatic heterocycles. The molecule has 0 spiro atoms. The van der Waals surface area contributed by atoms with E-state index in [9.17, 15) is 0 Å². The Hall–Kier alpha value is -1.42. The summed E-state index contributed by atoms with van der Waals surface area (Å²) in [4.78, 5) is 9.10. The highest BCUT2D eigenvalue weighted by atomic mass is 15.0. The first-order valence-electron chi connectivity index (χ1n) is 8.66. The van der Waals surface area contributed by atoms with Crippen LogP contribution in [0.5, 0.6) is 0 Å². The number of piperidine rings is 1. The smallest absolute Gasteiger partial charge is 0.125 e. The minimum Gasteiger partial charge on any atom is -0.387 e. The molecule has 0 aromatic rings. The standard InChI is InChI=1S/C18H32N4/c1-3-5-6-7-8-9-10-11-17(21-4-2)22-18(19)16-12-14-20-15-13-16/h5-6,8-9,16,20H,3-4,7,10-15H2,1-2H3,(H2,19,21,22)/b6-5-,9-8-. The zero-order valence-corrected chi connectivity index (χ0v) is 14.2. The lowest BCUT2D eigenvalue weighted by atomic mass is 9.97. The van der Waals surface area contributed by atoms with Gasteiger partial charge in [-0.05, 0) is 52.1 Å². The van der Waals surface area contributed by atoms with Crippen molar-refractivity contribution in [1.29, 1.82) is 0 Å². The summed E-state index contributed by atoms with van der Waals surface area (Å²) in [5, 5.41) is 3.36. The first kappa shape index (κ1) is 18.6. The Balaban J connectivity index is 2.44. The Labute approximate surface area is 135 Å². The number of nitrogens with zero attached hydrogens (tertiary/aromatic N) is 2. The molecule has 1 rings (SSSR count). The minimum absolute atomic E-state index is 0.415. The Morgan fingerprint density at radius 2 is 1.86 bits per heavy atom. The predicted molar refractivity (Wildman–Crippen MR) is 97.6 cm³/mol. The highest BCUT2D eigenvalue weighted by molar-refractivity contribution is 5.97. The first-order valence-corrected chi connectivity index (χ1v) is 8.66. The van der Waals surface area contributed by atoms with Crippen LogP contribution >= 0.6 is 0 Å². The van der Waals surface area contributed by atoms with Crippen molar-refractivity contribution in [3.63, 3.8) is 0 Å². The number of nitrogens with two attached hydrogens (primary N) is 1. The van der Waals surface area contributed by atoms with Crippen molar-refractivity contribution in [2.75, 3.05) is 19.6 Å². The quantitative estimate of drug-likeness (QED) is 0.410. The number of nitrogens with one attached hydrogen (secondary N) is 1. The summed E-state index contributed by atoms with van der Waals surface area (Å²) in [5.74, 6) is 2.08. The van der Waals surface area contributed by atoms with Gasteiger partial charge in [-0.25, -0.2) is 4.99 Å². The monoisotopic (exact) mass is 304 g/mol. The van der Waals surface area contributed by atoms with E-state index in [1.807, 2.05) is 6.92 Å². The van der Waals surface area contributed by atoms with Crippen LogP contribution in [0.25, 0.3) is 0 Å². The Morgan fingerprint density at radius 3 is 2.55 bits per heavy atom. The summed E-state index contributed by atoms with van der Waals surface area (Å²) in [6, 6.07) is 0. The molecule has 1 aliphatic rings. The van der Waals surface area contributed by atoms with Gasteiger partial charge in [0, 0.05) is 18.9 Å². The van der Waals surface area contributed by atoms with E-state index in [4.69, 9.17) is 5.73 Å². The van der Waals surface area contributed by atoms with E-state index in [1.165, 1.54) is 0 Å². The van der Waals surface area contributed by atoms with Crippen LogP contribution in [0.1, 0.15) is 52.4 Å². The average molecular weight is 304 g/mol. The molecule has 0 atom stereocenters. The number of allylic oxidation sites excluding steroid dienone is 4. The lowest BCUT2D eigenvalue weighted by molar-refractivity contribution is 0.454. The van der Waals surface area contributed by atoms with Gasteiger partial charge in [0.2, 0.25) is 0 Å². The van der Waals surface area contributed by atoms with Gasteiger partial charge in [-0.15, -0.1) is 0 Å². The van der Waals surface area contributed by atoms with Gasteiger partial charge in [0.25, 0.3) is 0 Å². The highest BCUT2D eigenvalue weighted by Crippen LogP contribution is 2.12. The lowest BCUT2D eigenvalue weighted by Crippen LogP contribution is -2.35. The van der Waals surface area contributed by atoms with E-state index in [0.29, 0.717) is 5.92 Å². The molecule has 0 saturated carbocycles. The fourth-order valence-corrected chi connectivity index (χ4v) is 2.48. The van der Waals surface area contributed by atoms with Crippen molar-refractivity contribution >= 4 is 11.7 Å². The van der Waals surface area contributed by atoms with Crippen molar-refractivity contribution in [2.24, 2.45) is 21.6 Å². The lowest BCUT2D eigenvalue weighted by Gasteiger charge is -2.22. The van der Waals surface area contributed by atoms with Gasteiger partial charge < -0.3 is 11.1 Å². The average Bonchev–Trinajstić information content (AvgIpc) is 2.55. The van der Waals surface area contributed by atoms with Gasteiger partial charge in [0.1, 0.15) is 11.7 Å². The van der Waals surface area contributed by atoms with E-state index in [-0.39, 0.29) is 0 Å². The van der Waals surface area contributed by atoms with Gasteiger partial charge >= 0.3 is 0 Å². The summed E-state index contributed by atoms with van der Waals surface area (Å²) in [7, 11) is 0. The van der Waals surface area contributed by atoms with Crippen LogP contribution in [0.15, 0.2) is 34.3 Å². The second-order valence-corrected chi connectivity index (χ2v) is 5.58. The van der Waals surface area contributed by atoms with Gasteiger partial charge in [-0.2, -0.15) is 0 Å². The summed E-state index contributed by atoms with van der Waals surface area (Å²) < 4.78 is 0. The number of aliphatic imine (C=N–C) groups is 2. The summed E-state index contributed by atoms with van der Waals surface area (Å²) in [5.41, 5.74) is 6.18. The number of hydrogen-bond donors (Lipinski definition) is 2. The van der Waals surface area contributed by atoms with Crippen LogP contribution in [-0.4, -0.2) is 31.3 Å². The molecule has 0 amide bonds. The fraction of sp³-hybridized carbons (Fsp3) is 0.667. The molecule has 0 aromatic heterocycles. The zero-order valence-electron chi connectivity index (χ0n) is 14.2. The van der Waals surface area contributed by atoms with Gasteiger partial charge in [0.15, 0.2) is 0 Å². The van der Waals surface area contributed by atoms with E-state index in [2.05, 4.69) is 46.5 Å². The third-order valence-electron chi connectivity index (χ3n) is 3.73. The molecular weight excluding hydrogens is 272 g/mol. The fourth-order valence-electron chi connectivity index (χ4n) is 2.48. The number of amidine groups is 2. The molecule has 0 aliphatic carbocycles. The summed E-state index contributed by atoms with van der Waals surface area (Å²) in [6.07, 6.45) is 14.9. The molecule has 0 radical (unpaired) electrons. The van der Waals surface area contributed by atoms with Crippen molar-refractivity contribution in [3.05, 3.63) is 24.3 Å². The molecule has 0 aromatic carbocycles. The van der Waals surface area contributed by atoms with E-state index >= 15 is 0 Å². The van der Waals surface area contributed by atoms with Crippen molar-refractivity contribution < 1.29 is 0 Å².